The van der Waals surface area contributed by atoms with Gasteiger partial charge in [-0.15, -0.1) is 5.10 Å². The van der Waals surface area contributed by atoms with Gasteiger partial charge < -0.3 is 5.73 Å². The van der Waals surface area contributed by atoms with E-state index in [2.05, 4.69) is 26.1 Å². The highest BCUT2D eigenvalue weighted by molar-refractivity contribution is 9.10. The molecule has 1 aromatic carbocycles. The molecule has 100 valence electrons. The van der Waals surface area contributed by atoms with Crippen molar-refractivity contribution in [2.45, 2.75) is 23.5 Å². The predicted molar refractivity (Wildman–Crippen MR) is 77.8 cm³/mol. The van der Waals surface area contributed by atoms with Gasteiger partial charge in [0.15, 0.2) is 5.16 Å². The molecule has 0 aliphatic carbocycles. The SMILES string of the molecule is CCn1c(Sc2ccc(Br)cc2C(=N)N)n[nH]c1=O. The summed E-state index contributed by atoms with van der Waals surface area (Å²) >= 11 is 4.65. The molecule has 0 spiro atoms. The second kappa shape index (κ2) is 5.62. The summed E-state index contributed by atoms with van der Waals surface area (Å²) in [5.74, 6) is -0.0234. The fourth-order valence-corrected chi connectivity index (χ4v) is 2.95. The Bertz CT molecular complexity index is 678. The van der Waals surface area contributed by atoms with E-state index in [1.807, 2.05) is 19.1 Å². The number of benzene rings is 1. The van der Waals surface area contributed by atoms with E-state index in [4.69, 9.17) is 11.1 Å². The summed E-state index contributed by atoms with van der Waals surface area (Å²) in [5.41, 5.74) is 5.93. The zero-order valence-corrected chi connectivity index (χ0v) is 12.5. The van der Waals surface area contributed by atoms with Crippen molar-refractivity contribution in [3.8, 4) is 0 Å². The molecular weight excluding hydrogens is 330 g/mol. The van der Waals surface area contributed by atoms with Crippen LogP contribution in [0.2, 0.25) is 0 Å². The van der Waals surface area contributed by atoms with E-state index in [9.17, 15) is 4.79 Å². The highest BCUT2D eigenvalue weighted by Crippen LogP contribution is 2.30. The fourth-order valence-electron chi connectivity index (χ4n) is 1.56. The zero-order chi connectivity index (χ0) is 14.0. The van der Waals surface area contributed by atoms with Crippen molar-refractivity contribution < 1.29 is 0 Å². The Kier molecular flexibility index (Phi) is 4.11. The van der Waals surface area contributed by atoms with Crippen molar-refractivity contribution in [3.05, 3.63) is 38.7 Å². The van der Waals surface area contributed by atoms with Crippen molar-refractivity contribution >= 4 is 33.5 Å². The molecule has 0 unspecified atom stereocenters. The number of nitrogens with two attached hydrogens (primary N) is 1. The summed E-state index contributed by atoms with van der Waals surface area (Å²) < 4.78 is 2.37. The third-order valence-corrected chi connectivity index (χ3v) is 4.04. The van der Waals surface area contributed by atoms with E-state index >= 15 is 0 Å². The molecular formula is C11H12BrN5OS. The maximum atomic E-state index is 11.5. The lowest BCUT2D eigenvalue weighted by molar-refractivity contribution is 0.660. The molecule has 1 aromatic heterocycles. The van der Waals surface area contributed by atoms with Crippen LogP contribution in [0.15, 0.2) is 37.5 Å². The quantitative estimate of drug-likeness (QED) is 0.582. The first kappa shape index (κ1) is 13.9. The van der Waals surface area contributed by atoms with E-state index in [1.54, 1.807) is 6.07 Å². The number of hydrogen-bond donors (Lipinski definition) is 3. The highest BCUT2D eigenvalue weighted by atomic mass is 79.9. The molecule has 0 amide bonds. The summed E-state index contributed by atoms with van der Waals surface area (Å²) in [7, 11) is 0. The van der Waals surface area contributed by atoms with E-state index in [0.29, 0.717) is 17.3 Å². The number of nitrogens with zero attached hydrogens (tertiary/aromatic N) is 2. The van der Waals surface area contributed by atoms with Gasteiger partial charge >= 0.3 is 5.69 Å². The molecule has 1 heterocycles. The number of aromatic amines is 1. The molecule has 0 aliphatic rings. The van der Waals surface area contributed by atoms with Crippen LogP contribution in [0.3, 0.4) is 0 Å². The largest absolute Gasteiger partial charge is 0.384 e. The van der Waals surface area contributed by atoms with Gasteiger partial charge in [0.05, 0.1) is 0 Å². The lowest BCUT2D eigenvalue weighted by atomic mass is 10.2. The minimum atomic E-state index is -0.244. The van der Waals surface area contributed by atoms with Crippen LogP contribution in [0, 0.1) is 5.41 Å². The zero-order valence-electron chi connectivity index (χ0n) is 10.1. The van der Waals surface area contributed by atoms with E-state index in [0.717, 1.165) is 9.37 Å². The Morgan fingerprint density at radius 3 is 3.00 bits per heavy atom. The van der Waals surface area contributed by atoms with Gasteiger partial charge in [-0.25, -0.2) is 9.89 Å². The molecule has 4 N–H and O–H groups in total. The number of nitrogens with one attached hydrogen (secondary N) is 2. The average Bonchev–Trinajstić information content (AvgIpc) is 2.71. The van der Waals surface area contributed by atoms with Gasteiger partial charge in [0.1, 0.15) is 5.84 Å². The van der Waals surface area contributed by atoms with Crippen molar-refractivity contribution in [2.24, 2.45) is 5.73 Å². The average molecular weight is 342 g/mol. The first-order valence-corrected chi connectivity index (χ1v) is 7.11. The van der Waals surface area contributed by atoms with Gasteiger partial charge in [-0.2, -0.15) is 0 Å². The Morgan fingerprint density at radius 1 is 1.63 bits per heavy atom. The summed E-state index contributed by atoms with van der Waals surface area (Å²) in [4.78, 5) is 12.3. The van der Waals surface area contributed by atoms with Crippen LogP contribution in [0.5, 0.6) is 0 Å². The molecule has 19 heavy (non-hydrogen) atoms. The van der Waals surface area contributed by atoms with Crippen LogP contribution in [-0.2, 0) is 6.54 Å². The molecule has 2 rings (SSSR count). The minimum Gasteiger partial charge on any atom is -0.384 e. The van der Waals surface area contributed by atoms with Gasteiger partial charge in [0.2, 0.25) is 0 Å². The third kappa shape index (κ3) is 2.90. The Hall–Kier alpha value is -1.54. The molecule has 0 aliphatic heterocycles. The summed E-state index contributed by atoms with van der Waals surface area (Å²) in [6, 6.07) is 5.46. The standard InChI is InChI=1S/C11H12BrN5OS/c1-2-17-10(18)15-16-11(17)19-8-4-3-6(12)5-7(8)9(13)14/h3-5H,2H2,1H3,(H3,13,14)(H,15,18). The van der Waals surface area contributed by atoms with Crippen molar-refractivity contribution in [1.82, 2.24) is 14.8 Å². The Labute approximate surface area is 122 Å². The number of nitrogen functional groups attached to an aromatic ring is 1. The maximum absolute atomic E-state index is 11.5. The molecule has 0 radical (unpaired) electrons. The van der Waals surface area contributed by atoms with Crippen LogP contribution in [0.4, 0.5) is 0 Å². The summed E-state index contributed by atoms with van der Waals surface area (Å²) in [6.45, 7) is 2.40. The highest BCUT2D eigenvalue weighted by Gasteiger charge is 2.13. The van der Waals surface area contributed by atoms with Gasteiger partial charge in [-0.1, -0.05) is 15.9 Å². The minimum absolute atomic E-state index is 0.0234. The fraction of sp³-hybridized carbons (Fsp3) is 0.182. The molecule has 0 saturated heterocycles. The van der Waals surface area contributed by atoms with Crippen LogP contribution in [0.1, 0.15) is 12.5 Å². The first-order valence-electron chi connectivity index (χ1n) is 5.50. The summed E-state index contributed by atoms with van der Waals surface area (Å²) in [5, 5.41) is 14.5. The van der Waals surface area contributed by atoms with Crippen molar-refractivity contribution in [3.63, 3.8) is 0 Å². The van der Waals surface area contributed by atoms with Crippen LogP contribution in [0.25, 0.3) is 0 Å². The molecule has 0 saturated carbocycles. The lowest BCUT2D eigenvalue weighted by Gasteiger charge is -2.08. The first-order chi connectivity index (χ1) is 9.02. The monoisotopic (exact) mass is 341 g/mol. The third-order valence-electron chi connectivity index (χ3n) is 2.47. The molecule has 2 aromatic rings. The lowest BCUT2D eigenvalue weighted by Crippen LogP contribution is -2.16. The van der Waals surface area contributed by atoms with Crippen LogP contribution in [-0.4, -0.2) is 20.6 Å². The van der Waals surface area contributed by atoms with Crippen molar-refractivity contribution in [1.29, 1.82) is 5.41 Å². The molecule has 8 heteroatoms. The normalized spacial score (nSPS) is 10.6. The number of rotatable bonds is 4. The number of halogens is 1. The Balaban J connectivity index is 2.43. The van der Waals surface area contributed by atoms with Crippen LogP contribution >= 0.6 is 27.7 Å². The number of amidine groups is 1. The number of hydrogen-bond acceptors (Lipinski definition) is 4. The van der Waals surface area contributed by atoms with Crippen molar-refractivity contribution in [2.75, 3.05) is 0 Å². The topological polar surface area (TPSA) is 101 Å². The van der Waals surface area contributed by atoms with E-state index < -0.39 is 0 Å². The molecule has 0 bridgehead atoms. The second-order valence-corrected chi connectivity index (χ2v) is 5.64. The smallest absolute Gasteiger partial charge is 0.343 e. The van der Waals surface area contributed by atoms with Gasteiger partial charge in [0.25, 0.3) is 0 Å². The molecule has 0 atom stereocenters. The predicted octanol–water partition coefficient (Wildman–Crippen LogP) is 1.79. The van der Waals surface area contributed by atoms with Gasteiger partial charge in [-0.05, 0) is 36.9 Å². The summed E-state index contributed by atoms with van der Waals surface area (Å²) in [6.07, 6.45) is 0. The van der Waals surface area contributed by atoms with E-state index in [1.165, 1.54) is 16.3 Å². The van der Waals surface area contributed by atoms with Gasteiger partial charge in [-0.3, -0.25) is 9.98 Å². The molecule has 6 nitrogen and oxygen atoms in total. The number of H-pyrrole nitrogens is 1. The number of aromatic nitrogens is 3. The molecule has 0 fully saturated rings. The Morgan fingerprint density at radius 2 is 2.37 bits per heavy atom. The van der Waals surface area contributed by atoms with Crippen LogP contribution < -0.4 is 11.4 Å². The van der Waals surface area contributed by atoms with E-state index in [-0.39, 0.29) is 11.5 Å². The maximum Gasteiger partial charge on any atom is 0.343 e. The van der Waals surface area contributed by atoms with Gasteiger partial charge in [0, 0.05) is 21.5 Å². The second-order valence-electron chi connectivity index (χ2n) is 3.71.